The summed E-state index contributed by atoms with van der Waals surface area (Å²) in [5, 5.41) is 0. The fourth-order valence-corrected chi connectivity index (χ4v) is 2.32. The molecule has 2 aromatic rings. The fraction of sp³-hybridized carbons (Fsp3) is 0.312. The number of imidazole rings is 1. The van der Waals surface area contributed by atoms with Crippen LogP contribution in [0.15, 0.2) is 42.7 Å². The summed E-state index contributed by atoms with van der Waals surface area (Å²) < 4.78 is 30.8. The van der Waals surface area contributed by atoms with Gasteiger partial charge in [-0.1, -0.05) is 30.3 Å². The quantitative estimate of drug-likeness (QED) is 0.793. The number of Topliss-reactive ketones (excluding diaryl/α,β-unsaturated/α-hetero) is 1. The minimum absolute atomic E-state index is 0.0701. The minimum Gasteiger partial charge on any atom is -0.344 e. The summed E-state index contributed by atoms with van der Waals surface area (Å²) >= 11 is 0. The first-order valence-electron chi connectivity index (χ1n) is 6.93. The Morgan fingerprint density at radius 3 is 2.30 bits per heavy atom. The molecule has 0 aliphatic rings. The number of hydrogen-bond donors (Lipinski definition) is 0. The molecule has 0 unspecified atom stereocenters. The molecule has 0 N–H and O–H groups in total. The van der Waals surface area contributed by atoms with Gasteiger partial charge in [0, 0.05) is 33.5 Å². The number of rotatable bonds is 5. The largest absolute Gasteiger partial charge is 0.344 e. The molecule has 0 bridgehead atoms. The van der Waals surface area contributed by atoms with Crippen LogP contribution in [-0.4, -0.2) is 46.2 Å². The second kappa shape index (κ2) is 6.28. The van der Waals surface area contributed by atoms with Gasteiger partial charge in [0.1, 0.15) is 5.92 Å². The lowest BCUT2D eigenvalue weighted by atomic mass is 9.87. The van der Waals surface area contributed by atoms with Gasteiger partial charge < -0.3 is 9.47 Å². The van der Waals surface area contributed by atoms with Crippen molar-refractivity contribution in [2.45, 2.75) is 11.8 Å². The van der Waals surface area contributed by atoms with Crippen molar-refractivity contribution in [1.82, 2.24) is 14.5 Å². The van der Waals surface area contributed by atoms with E-state index in [0.29, 0.717) is 0 Å². The summed E-state index contributed by atoms with van der Waals surface area (Å²) in [5.41, 5.74) is 0.0701. The van der Waals surface area contributed by atoms with E-state index in [1.807, 2.05) is 0 Å². The Morgan fingerprint density at radius 1 is 1.22 bits per heavy atom. The third kappa shape index (κ3) is 3.13. The summed E-state index contributed by atoms with van der Waals surface area (Å²) in [4.78, 5) is 29.2. The number of halogens is 2. The van der Waals surface area contributed by atoms with Crippen molar-refractivity contribution >= 4 is 11.7 Å². The van der Waals surface area contributed by atoms with Gasteiger partial charge in [0.15, 0.2) is 5.82 Å². The molecule has 0 saturated carbocycles. The molecule has 0 radical (unpaired) electrons. The van der Waals surface area contributed by atoms with Gasteiger partial charge in [-0.05, 0) is 5.56 Å². The lowest BCUT2D eigenvalue weighted by molar-refractivity contribution is -0.156. The highest BCUT2D eigenvalue weighted by Gasteiger charge is 2.53. The molecule has 122 valence electrons. The zero-order valence-corrected chi connectivity index (χ0v) is 13.0. The Morgan fingerprint density at radius 2 is 1.83 bits per heavy atom. The Hall–Kier alpha value is -2.57. The second-order valence-electron chi connectivity index (χ2n) is 5.39. The number of benzene rings is 1. The highest BCUT2D eigenvalue weighted by atomic mass is 19.3. The van der Waals surface area contributed by atoms with E-state index in [2.05, 4.69) is 4.98 Å². The van der Waals surface area contributed by atoms with Crippen LogP contribution in [-0.2, 0) is 11.8 Å². The van der Waals surface area contributed by atoms with Crippen LogP contribution in [0.1, 0.15) is 22.1 Å². The van der Waals surface area contributed by atoms with E-state index in [4.69, 9.17) is 0 Å². The Labute approximate surface area is 132 Å². The molecule has 1 aromatic heterocycles. The molecule has 1 aromatic carbocycles. The Kier molecular flexibility index (Phi) is 4.58. The number of carbonyl (C=O) groups excluding carboxylic acids is 2. The normalized spacial score (nSPS) is 12.7. The maximum atomic E-state index is 14.7. The van der Waals surface area contributed by atoms with Crippen LogP contribution < -0.4 is 0 Å². The van der Waals surface area contributed by atoms with E-state index >= 15 is 0 Å². The minimum atomic E-state index is -3.88. The smallest absolute Gasteiger partial charge is 0.338 e. The van der Waals surface area contributed by atoms with Crippen molar-refractivity contribution < 1.29 is 18.4 Å². The lowest BCUT2D eigenvalue weighted by Gasteiger charge is -2.27. The molecule has 0 fully saturated rings. The van der Waals surface area contributed by atoms with Crippen molar-refractivity contribution in [1.29, 1.82) is 0 Å². The molecule has 1 heterocycles. The highest BCUT2D eigenvalue weighted by molar-refractivity contribution is 6.03. The van der Waals surface area contributed by atoms with Crippen LogP contribution in [0.25, 0.3) is 0 Å². The van der Waals surface area contributed by atoms with Gasteiger partial charge in [-0.3, -0.25) is 9.59 Å². The molecular formula is C16H17F2N3O2. The number of nitrogens with zero attached hydrogens (tertiary/aromatic N) is 3. The molecule has 1 amide bonds. The van der Waals surface area contributed by atoms with Crippen LogP contribution in [0, 0.1) is 0 Å². The Balaban J connectivity index is 2.56. The zero-order valence-electron chi connectivity index (χ0n) is 13.0. The number of ketones is 1. The molecule has 1 atom stereocenters. The first-order valence-corrected chi connectivity index (χ1v) is 6.93. The number of carbonyl (C=O) groups is 2. The summed E-state index contributed by atoms with van der Waals surface area (Å²) in [7, 11) is 3.99. The monoisotopic (exact) mass is 321 g/mol. The SMILES string of the molecule is CN(C)C(=O)C(F)(F)[C@@H](C(=O)c1nccn1C)c1ccccc1. The van der Waals surface area contributed by atoms with E-state index in [1.54, 1.807) is 18.2 Å². The van der Waals surface area contributed by atoms with Crippen molar-refractivity contribution in [2.75, 3.05) is 14.1 Å². The van der Waals surface area contributed by atoms with E-state index in [0.717, 1.165) is 4.90 Å². The molecule has 2 rings (SSSR count). The first kappa shape index (κ1) is 16.8. The molecule has 5 nitrogen and oxygen atoms in total. The summed E-state index contributed by atoms with van der Waals surface area (Å²) in [6, 6.07) is 7.55. The third-order valence-corrected chi connectivity index (χ3v) is 3.49. The molecule has 0 aliphatic heterocycles. The number of hydrogen-bond acceptors (Lipinski definition) is 3. The fourth-order valence-electron chi connectivity index (χ4n) is 2.32. The highest BCUT2D eigenvalue weighted by Crippen LogP contribution is 2.37. The van der Waals surface area contributed by atoms with Crippen molar-refractivity contribution in [2.24, 2.45) is 7.05 Å². The molecule has 23 heavy (non-hydrogen) atoms. The molecule has 7 heteroatoms. The van der Waals surface area contributed by atoms with Gasteiger partial charge >= 0.3 is 5.92 Å². The second-order valence-corrected chi connectivity index (χ2v) is 5.39. The van der Waals surface area contributed by atoms with E-state index in [1.165, 1.54) is 50.2 Å². The standard InChI is InChI=1S/C16H17F2N3O2/c1-20(2)15(23)16(17,18)12(11-7-5-4-6-8-11)13(22)14-19-9-10-21(14)3/h4-10,12H,1-3H3/t12-/m1/s1. The van der Waals surface area contributed by atoms with Crippen molar-refractivity contribution in [3.63, 3.8) is 0 Å². The number of amides is 1. The Bertz CT molecular complexity index is 711. The average molecular weight is 321 g/mol. The van der Waals surface area contributed by atoms with E-state index < -0.39 is 23.5 Å². The van der Waals surface area contributed by atoms with Crippen LogP contribution in [0.5, 0.6) is 0 Å². The van der Waals surface area contributed by atoms with Gasteiger partial charge in [0.25, 0.3) is 5.91 Å². The average Bonchev–Trinajstić information content (AvgIpc) is 2.93. The molecule has 0 aliphatic carbocycles. The number of alkyl halides is 2. The van der Waals surface area contributed by atoms with Gasteiger partial charge in [-0.25, -0.2) is 4.98 Å². The maximum Gasteiger partial charge on any atom is 0.338 e. The number of aryl methyl sites for hydroxylation is 1. The summed E-state index contributed by atoms with van der Waals surface area (Å²) in [5.74, 6) is -8.25. The van der Waals surface area contributed by atoms with E-state index in [9.17, 15) is 18.4 Å². The third-order valence-electron chi connectivity index (χ3n) is 3.49. The van der Waals surface area contributed by atoms with Gasteiger partial charge in [0.2, 0.25) is 5.78 Å². The predicted octanol–water partition coefficient (Wildman–Crippen LogP) is 2.11. The van der Waals surface area contributed by atoms with Crippen LogP contribution in [0.2, 0.25) is 0 Å². The molecular weight excluding hydrogens is 304 g/mol. The summed E-state index contributed by atoms with van der Waals surface area (Å²) in [6.07, 6.45) is 2.84. The molecule has 0 spiro atoms. The van der Waals surface area contributed by atoms with Crippen LogP contribution >= 0.6 is 0 Å². The topological polar surface area (TPSA) is 55.2 Å². The number of aromatic nitrogens is 2. The van der Waals surface area contributed by atoms with Crippen molar-refractivity contribution in [3.05, 3.63) is 54.1 Å². The molecule has 0 saturated heterocycles. The van der Waals surface area contributed by atoms with Crippen molar-refractivity contribution in [3.8, 4) is 0 Å². The predicted molar refractivity (Wildman–Crippen MR) is 80.4 cm³/mol. The van der Waals surface area contributed by atoms with Gasteiger partial charge in [-0.15, -0.1) is 0 Å². The van der Waals surface area contributed by atoms with Gasteiger partial charge in [-0.2, -0.15) is 8.78 Å². The van der Waals surface area contributed by atoms with Crippen LogP contribution in [0.4, 0.5) is 8.78 Å². The zero-order chi connectivity index (χ0) is 17.2. The van der Waals surface area contributed by atoms with Gasteiger partial charge in [0.05, 0.1) is 0 Å². The van der Waals surface area contributed by atoms with Crippen LogP contribution in [0.3, 0.4) is 0 Å². The summed E-state index contributed by atoms with van der Waals surface area (Å²) in [6.45, 7) is 0. The maximum absolute atomic E-state index is 14.7. The van der Waals surface area contributed by atoms with E-state index in [-0.39, 0.29) is 11.4 Å². The lowest BCUT2D eigenvalue weighted by Crippen LogP contribution is -2.46. The first-order chi connectivity index (χ1) is 10.8.